The van der Waals surface area contributed by atoms with E-state index in [0.717, 1.165) is 23.8 Å². The van der Waals surface area contributed by atoms with Gasteiger partial charge < -0.3 is 14.5 Å². The maximum Gasteiger partial charge on any atom is 0.127 e. The minimum Gasteiger partial charge on any atom is -0.493 e. The maximum atomic E-state index is 6.14. The molecule has 2 rings (SSSR count). The van der Waals surface area contributed by atoms with E-state index in [1.165, 1.54) is 44.7 Å². The molecule has 1 aromatic carbocycles. The van der Waals surface area contributed by atoms with Crippen LogP contribution in [0.4, 0.5) is 0 Å². The lowest BCUT2D eigenvalue weighted by atomic mass is 9.86. The predicted molar refractivity (Wildman–Crippen MR) is 97.1 cm³/mol. The minimum absolute atomic E-state index is 0.0482. The summed E-state index contributed by atoms with van der Waals surface area (Å²) in [5, 5.41) is 0.781. The Labute approximate surface area is 146 Å². The zero-order valence-electron chi connectivity index (χ0n) is 15.2. The largest absolute Gasteiger partial charge is 0.493 e. The first-order chi connectivity index (χ1) is 10.9. The van der Waals surface area contributed by atoms with Crippen molar-refractivity contribution >= 4 is 11.6 Å². The summed E-state index contributed by atoms with van der Waals surface area (Å²) in [6, 6.07) is 5.97. The molecule has 0 atom stereocenters. The van der Waals surface area contributed by atoms with Gasteiger partial charge in [0.15, 0.2) is 0 Å². The van der Waals surface area contributed by atoms with Crippen LogP contribution in [0.1, 0.15) is 39.2 Å². The fourth-order valence-corrected chi connectivity index (χ4v) is 3.33. The van der Waals surface area contributed by atoms with Crippen LogP contribution in [-0.2, 0) is 5.41 Å². The standard InChI is InChI=1S/C19H31ClN2O/c1-19(2,3)17-15-16(20)7-8-18(17)23-14-6-5-9-22-12-10-21(4)11-13-22/h7-8,15H,5-6,9-14H2,1-4H3/p+2. The van der Waals surface area contributed by atoms with Gasteiger partial charge in [0.1, 0.15) is 31.9 Å². The zero-order chi connectivity index (χ0) is 16.9. The monoisotopic (exact) mass is 340 g/mol. The summed E-state index contributed by atoms with van der Waals surface area (Å²) in [6.45, 7) is 13.9. The molecule has 0 spiro atoms. The van der Waals surface area contributed by atoms with Gasteiger partial charge in [-0.25, -0.2) is 0 Å². The summed E-state index contributed by atoms with van der Waals surface area (Å²) in [5.41, 5.74) is 1.24. The van der Waals surface area contributed by atoms with Crippen molar-refractivity contribution in [2.75, 3.05) is 46.4 Å². The quantitative estimate of drug-likeness (QED) is 0.745. The van der Waals surface area contributed by atoms with Gasteiger partial charge in [0, 0.05) is 10.6 Å². The Balaban J connectivity index is 1.74. The molecule has 0 unspecified atom stereocenters. The number of ether oxygens (including phenoxy) is 1. The second-order valence-corrected chi connectivity index (χ2v) is 8.34. The van der Waals surface area contributed by atoms with E-state index in [9.17, 15) is 0 Å². The molecule has 23 heavy (non-hydrogen) atoms. The van der Waals surface area contributed by atoms with Crippen LogP contribution in [0.15, 0.2) is 18.2 Å². The Kier molecular flexibility index (Phi) is 6.75. The highest BCUT2D eigenvalue weighted by Crippen LogP contribution is 2.33. The maximum absolute atomic E-state index is 6.14. The molecule has 0 bridgehead atoms. The third-order valence-electron chi connectivity index (χ3n) is 4.74. The van der Waals surface area contributed by atoms with Crippen molar-refractivity contribution in [3.63, 3.8) is 0 Å². The van der Waals surface area contributed by atoms with E-state index in [1.807, 2.05) is 18.2 Å². The highest BCUT2D eigenvalue weighted by atomic mass is 35.5. The number of unbranched alkanes of at least 4 members (excludes halogenated alkanes) is 1. The topological polar surface area (TPSA) is 18.1 Å². The van der Waals surface area contributed by atoms with E-state index in [-0.39, 0.29) is 5.41 Å². The van der Waals surface area contributed by atoms with E-state index in [2.05, 4.69) is 27.8 Å². The summed E-state index contributed by atoms with van der Waals surface area (Å²) in [7, 11) is 2.30. The van der Waals surface area contributed by atoms with Crippen LogP contribution < -0.4 is 14.5 Å². The zero-order valence-corrected chi connectivity index (χ0v) is 15.9. The Morgan fingerprint density at radius 2 is 1.78 bits per heavy atom. The lowest BCUT2D eigenvalue weighted by Crippen LogP contribution is -3.27. The van der Waals surface area contributed by atoms with Crippen LogP contribution >= 0.6 is 11.6 Å². The molecule has 2 N–H and O–H groups in total. The average molecular weight is 341 g/mol. The van der Waals surface area contributed by atoms with Gasteiger partial charge in [0.05, 0.1) is 20.2 Å². The van der Waals surface area contributed by atoms with Crippen molar-refractivity contribution < 1.29 is 14.5 Å². The van der Waals surface area contributed by atoms with Crippen LogP contribution in [0.5, 0.6) is 5.75 Å². The van der Waals surface area contributed by atoms with Crippen molar-refractivity contribution in [2.24, 2.45) is 0 Å². The molecule has 0 saturated carbocycles. The Morgan fingerprint density at radius 3 is 2.43 bits per heavy atom. The van der Waals surface area contributed by atoms with Crippen LogP contribution in [0.25, 0.3) is 0 Å². The van der Waals surface area contributed by atoms with Gasteiger partial charge in [-0.1, -0.05) is 32.4 Å². The Hall–Kier alpha value is -0.770. The fraction of sp³-hybridized carbons (Fsp3) is 0.684. The van der Waals surface area contributed by atoms with E-state index in [4.69, 9.17) is 16.3 Å². The number of quaternary nitrogens is 2. The molecule has 0 amide bonds. The third kappa shape index (κ3) is 5.98. The normalized spacial score (nSPS) is 22.1. The summed E-state index contributed by atoms with van der Waals surface area (Å²) >= 11 is 6.14. The molecule has 1 aromatic rings. The lowest BCUT2D eigenvalue weighted by molar-refractivity contribution is -1.00. The number of benzene rings is 1. The molecular weight excluding hydrogens is 308 g/mol. The van der Waals surface area contributed by atoms with E-state index in [0.29, 0.717) is 0 Å². The molecule has 4 heteroatoms. The molecule has 0 aromatic heterocycles. The molecule has 1 fully saturated rings. The summed E-state index contributed by atoms with van der Waals surface area (Å²) < 4.78 is 6.05. The third-order valence-corrected chi connectivity index (χ3v) is 4.98. The molecule has 1 aliphatic rings. The average Bonchev–Trinajstić information content (AvgIpc) is 2.49. The lowest BCUT2D eigenvalue weighted by Gasteiger charge is -2.27. The molecule has 1 aliphatic heterocycles. The van der Waals surface area contributed by atoms with Crippen LogP contribution in [0, 0.1) is 0 Å². The van der Waals surface area contributed by atoms with E-state index < -0.39 is 0 Å². The summed E-state index contributed by atoms with van der Waals surface area (Å²) in [5.74, 6) is 0.984. The van der Waals surface area contributed by atoms with E-state index >= 15 is 0 Å². The number of likely N-dealkylation sites (N-methyl/N-ethyl adjacent to an activating group) is 1. The van der Waals surface area contributed by atoms with Crippen molar-refractivity contribution in [2.45, 2.75) is 39.0 Å². The fourth-order valence-electron chi connectivity index (χ4n) is 3.15. The second-order valence-electron chi connectivity index (χ2n) is 7.90. The predicted octanol–water partition coefficient (Wildman–Crippen LogP) is 1.21. The van der Waals surface area contributed by atoms with Gasteiger partial charge in [-0.2, -0.15) is 0 Å². The highest BCUT2D eigenvalue weighted by molar-refractivity contribution is 6.30. The molecule has 1 saturated heterocycles. The number of piperazine rings is 1. The van der Waals surface area contributed by atoms with Crippen molar-refractivity contribution in [3.8, 4) is 5.75 Å². The number of rotatable bonds is 6. The molecule has 1 heterocycles. The smallest absolute Gasteiger partial charge is 0.127 e. The second kappa shape index (κ2) is 8.36. The van der Waals surface area contributed by atoms with Gasteiger partial charge >= 0.3 is 0 Å². The molecule has 3 nitrogen and oxygen atoms in total. The van der Waals surface area contributed by atoms with Crippen molar-refractivity contribution in [1.29, 1.82) is 0 Å². The highest BCUT2D eigenvalue weighted by Gasteiger charge is 2.20. The number of hydrogen-bond acceptors (Lipinski definition) is 1. The summed E-state index contributed by atoms with van der Waals surface area (Å²) in [4.78, 5) is 3.44. The van der Waals surface area contributed by atoms with E-state index in [1.54, 1.807) is 9.80 Å². The number of hydrogen-bond donors (Lipinski definition) is 2. The Morgan fingerprint density at radius 1 is 1.09 bits per heavy atom. The van der Waals surface area contributed by atoms with Crippen LogP contribution in [0.2, 0.25) is 5.02 Å². The van der Waals surface area contributed by atoms with Gasteiger partial charge in [0.2, 0.25) is 0 Å². The van der Waals surface area contributed by atoms with Crippen LogP contribution in [0.3, 0.4) is 0 Å². The SMILES string of the molecule is C[NH+]1CC[NH+](CCCCOc2ccc(Cl)cc2C(C)(C)C)CC1. The molecule has 130 valence electrons. The molecular formula is C19H33ClN2O+2. The van der Waals surface area contributed by atoms with Crippen molar-refractivity contribution in [1.82, 2.24) is 0 Å². The minimum atomic E-state index is 0.0482. The van der Waals surface area contributed by atoms with Crippen LogP contribution in [-0.4, -0.2) is 46.4 Å². The first kappa shape index (κ1) is 18.6. The number of nitrogens with one attached hydrogen (secondary N) is 2. The first-order valence-electron chi connectivity index (χ1n) is 8.94. The van der Waals surface area contributed by atoms with Gasteiger partial charge in [-0.05, 0) is 36.5 Å². The van der Waals surface area contributed by atoms with Gasteiger partial charge in [-0.3, -0.25) is 0 Å². The first-order valence-corrected chi connectivity index (χ1v) is 9.32. The van der Waals surface area contributed by atoms with Gasteiger partial charge in [-0.15, -0.1) is 0 Å². The molecule has 0 radical (unpaired) electrons. The van der Waals surface area contributed by atoms with Gasteiger partial charge in [0.25, 0.3) is 0 Å². The van der Waals surface area contributed by atoms with Crippen molar-refractivity contribution in [3.05, 3.63) is 28.8 Å². The number of halogens is 1. The molecule has 0 aliphatic carbocycles. The Bertz CT molecular complexity index is 491. The summed E-state index contributed by atoms with van der Waals surface area (Å²) in [6.07, 6.45) is 2.37.